The van der Waals surface area contributed by atoms with E-state index in [1.807, 2.05) is 0 Å². The molecule has 0 bridgehead atoms. The highest BCUT2D eigenvalue weighted by molar-refractivity contribution is 7.86. The molecule has 148 valence electrons. The number of rotatable bonds is 5. The number of halogens is 1. The van der Waals surface area contributed by atoms with E-state index in [4.69, 9.17) is 17.3 Å². The van der Waals surface area contributed by atoms with Crippen LogP contribution in [0.5, 0.6) is 0 Å². The second-order valence-electron chi connectivity index (χ2n) is 7.08. The molecule has 0 aromatic heterocycles. The van der Waals surface area contributed by atoms with Crippen molar-refractivity contribution in [1.82, 2.24) is 8.61 Å². The van der Waals surface area contributed by atoms with Gasteiger partial charge >= 0.3 is 0 Å². The Labute approximate surface area is 164 Å². The van der Waals surface area contributed by atoms with Gasteiger partial charge in [0.05, 0.1) is 0 Å². The molecule has 27 heavy (non-hydrogen) atoms. The SMILES string of the molecule is NC(=O)C1CCCCN1S(=O)(=O)N1CCC(C(=O)c2ccc(Cl)cc2)CC1. The van der Waals surface area contributed by atoms with Crippen LogP contribution in [0.15, 0.2) is 24.3 Å². The van der Waals surface area contributed by atoms with Crippen molar-refractivity contribution in [3.05, 3.63) is 34.9 Å². The molecule has 1 aromatic carbocycles. The van der Waals surface area contributed by atoms with E-state index in [0.29, 0.717) is 42.8 Å². The van der Waals surface area contributed by atoms with Crippen molar-refractivity contribution in [2.24, 2.45) is 11.7 Å². The van der Waals surface area contributed by atoms with Crippen LogP contribution in [-0.2, 0) is 15.0 Å². The molecule has 1 aromatic rings. The first-order valence-corrected chi connectivity index (χ1v) is 10.9. The number of carbonyl (C=O) groups excluding carboxylic acids is 2. The first-order valence-electron chi connectivity index (χ1n) is 9.16. The molecule has 0 aliphatic carbocycles. The number of ketones is 1. The van der Waals surface area contributed by atoms with E-state index >= 15 is 0 Å². The monoisotopic (exact) mass is 413 g/mol. The molecule has 2 saturated heterocycles. The first kappa shape index (κ1) is 20.3. The predicted octanol–water partition coefficient (Wildman–Crippen LogP) is 1.82. The maximum atomic E-state index is 13.0. The highest BCUT2D eigenvalue weighted by atomic mass is 35.5. The summed E-state index contributed by atoms with van der Waals surface area (Å²) < 4.78 is 28.6. The van der Waals surface area contributed by atoms with Gasteiger partial charge in [-0.15, -0.1) is 0 Å². The maximum absolute atomic E-state index is 13.0. The highest BCUT2D eigenvalue weighted by Gasteiger charge is 2.41. The van der Waals surface area contributed by atoms with Crippen LogP contribution in [0.2, 0.25) is 5.02 Å². The minimum absolute atomic E-state index is 0.0108. The number of amides is 1. The van der Waals surface area contributed by atoms with E-state index in [1.54, 1.807) is 24.3 Å². The van der Waals surface area contributed by atoms with Gasteiger partial charge in [0.15, 0.2) is 5.78 Å². The summed E-state index contributed by atoms with van der Waals surface area (Å²) in [5.74, 6) is -0.811. The van der Waals surface area contributed by atoms with E-state index < -0.39 is 22.2 Å². The summed E-state index contributed by atoms with van der Waals surface area (Å²) in [5, 5.41) is 0.568. The minimum Gasteiger partial charge on any atom is -0.368 e. The normalized spacial score (nSPS) is 23.2. The summed E-state index contributed by atoms with van der Waals surface area (Å²) in [6.07, 6.45) is 2.87. The van der Waals surface area contributed by atoms with Crippen molar-refractivity contribution in [2.45, 2.75) is 38.1 Å². The summed E-state index contributed by atoms with van der Waals surface area (Å²) in [6.45, 7) is 0.822. The Morgan fingerprint density at radius 2 is 1.63 bits per heavy atom. The summed E-state index contributed by atoms with van der Waals surface area (Å²) in [4.78, 5) is 24.3. The lowest BCUT2D eigenvalue weighted by Gasteiger charge is -2.38. The van der Waals surface area contributed by atoms with Gasteiger partial charge in [-0.25, -0.2) is 0 Å². The van der Waals surface area contributed by atoms with Gasteiger partial charge in [0, 0.05) is 36.1 Å². The standard InChI is InChI=1S/C18H24ClN3O4S/c19-15-6-4-13(5-7-15)17(23)14-8-11-21(12-9-14)27(25,26)22-10-2-1-3-16(22)18(20)24/h4-7,14,16H,1-3,8-12H2,(H2,20,24). The summed E-state index contributed by atoms with van der Waals surface area (Å²) in [6, 6.07) is 5.96. The van der Waals surface area contributed by atoms with Crippen molar-refractivity contribution >= 4 is 33.5 Å². The third-order valence-electron chi connectivity index (χ3n) is 5.36. The molecular formula is C18H24ClN3O4S. The van der Waals surface area contributed by atoms with Crippen LogP contribution in [0.1, 0.15) is 42.5 Å². The lowest BCUT2D eigenvalue weighted by Crippen LogP contribution is -2.56. The van der Waals surface area contributed by atoms with E-state index in [9.17, 15) is 18.0 Å². The van der Waals surface area contributed by atoms with Crippen LogP contribution in [0, 0.1) is 5.92 Å². The van der Waals surface area contributed by atoms with Crippen molar-refractivity contribution in [2.75, 3.05) is 19.6 Å². The molecule has 0 saturated carbocycles. The number of nitrogens with zero attached hydrogens (tertiary/aromatic N) is 2. The van der Waals surface area contributed by atoms with Gasteiger partial charge in [0.25, 0.3) is 10.2 Å². The molecule has 0 spiro atoms. The van der Waals surface area contributed by atoms with E-state index in [-0.39, 0.29) is 24.8 Å². The zero-order valence-corrected chi connectivity index (χ0v) is 16.6. The number of benzene rings is 1. The van der Waals surface area contributed by atoms with Crippen molar-refractivity contribution in [3.8, 4) is 0 Å². The molecule has 0 radical (unpaired) electrons. The number of hydrogen-bond acceptors (Lipinski definition) is 4. The fraction of sp³-hybridized carbons (Fsp3) is 0.556. The van der Waals surface area contributed by atoms with Gasteiger partial charge in [0.1, 0.15) is 6.04 Å². The Kier molecular flexibility index (Phi) is 6.20. The third kappa shape index (κ3) is 4.34. The quantitative estimate of drug-likeness (QED) is 0.744. The summed E-state index contributed by atoms with van der Waals surface area (Å²) in [7, 11) is -3.76. The van der Waals surface area contributed by atoms with Gasteiger partial charge in [-0.05, 0) is 49.9 Å². The van der Waals surface area contributed by atoms with Crippen LogP contribution in [0.25, 0.3) is 0 Å². The maximum Gasteiger partial charge on any atom is 0.282 e. The first-order chi connectivity index (χ1) is 12.8. The number of piperidine rings is 2. The Bertz CT molecular complexity index is 804. The van der Waals surface area contributed by atoms with Gasteiger partial charge in [-0.2, -0.15) is 17.0 Å². The molecule has 3 rings (SSSR count). The zero-order valence-electron chi connectivity index (χ0n) is 15.0. The van der Waals surface area contributed by atoms with Gasteiger partial charge in [-0.3, -0.25) is 9.59 Å². The van der Waals surface area contributed by atoms with Gasteiger partial charge in [0.2, 0.25) is 5.91 Å². The second kappa shape index (κ2) is 8.26. The molecule has 2 fully saturated rings. The average molecular weight is 414 g/mol. The topological polar surface area (TPSA) is 101 Å². The van der Waals surface area contributed by atoms with Crippen LogP contribution in [-0.4, -0.2) is 54.4 Å². The number of Topliss-reactive ketones (excluding diaryl/α,β-unsaturated/α-hetero) is 1. The van der Waals surface area contributed by atoms with E-state index in [2.05, 4.69) is 0 Å². The van der Waals surface area contributed by atoms with Crippen LogP contribution in [0.4, 0.5) is 0 Å². The average Bonchev–Trinajstić information content (AvgIpc) is 2.68. The smallest absolute Gasteiger partial charge is 0.282 e. The molecule has 2 aliphatic heterocycles. The molecule has 2 aliphatic rings. The minimum atomic E-state index is -3.76. The largest absolute Gasteiger partial charge is 0.368 e. The highest BCUT2D eigenvalue weighted by Crippen LogP contribution is 2.28. The van der Waals surface area contributed by atoms with Crippen LogP contribution in [0.3, 0.4) is 0 Å². The summed E-state index contributed by atoms with van der Waals surface area (Å²) in [5.41, 5.74) is 5.99. The number of carbonyl (C=O) groups is 2. The number of nitrogens with two attached hydrogens (primary N) is 1. The van der Waals surface area contributed by atoms with Crippen molar-refractivity contribution in [3.63, 3.8) is 0 Å². The fourth-order valence-electron chi connectivity index (χ4n) is 3.81. The van der Waals surface area contributed by atoms with E-state index in [0.717, 1.165) is 6.42 Å². The molecule has 2 N–H and O–H groups in total. The zero-order chi connectivity index (χ0) is 19.6. The van der Waals surface area contributed by atoms with Gasteiger partial charge in [-0.1, -0.05) is 18.0 Å². The van der Waals surface area contributed by atoms with E-state index in [1.165, 1.54) is 8.61 Å². The van der Waals surface area contributed by atoms with Gasteiger partial charge < -0.3 is 5.73 Å². The Morgan fingerprint density at radius 3 is 2.22 bits per heavy atom. The fourth-order valence-corrected chi connectivity index (χ4v) is 5.80. The number of primary amides is 1. The lowest BCUT2D eigenvalue weighted by atomic mass is 9.90. The molecule has 1 amide bonds. The van der Waals surface area contributed by atoms with Crippen LogP contribution >= 0.6 is 11.6 Å². The molecular weight excluding hydrogens is 390 g/mol. The third-order valence-corrected chi connectivity index (χ3v) is 7.66. The Hall–Kier alpha value is -1.48. The lowest BCUT2D eigenvalue weighted by molar-refractivity contribution is -0.122. The number of hydrogen-bond donors (Lipinski definition) is 1. The Morgan fingerprint density at radius 1 is 1.00 bits per heavy atom. The molecule has 7 nitrogen and oxygen atoms in total. The molecule has 2 heterocycles. The molecule has 1 atom stereocenters. The Balaban J connectivity index is 1.66. The van der Waals surface area contributed by atoms with Crippen LogP contribution < -0.4 is 5.73 Å². The molecule has 1 unspecified atom stereocenters. The van der Waals surface area contributed by atoms with Crippen molar-refractivity contribution < 1.29 is 18.0 Å². The molecule has 9 heteroatoms. The summed E-state index contributed by atoms with van der Waals surface area (Å²) >= 11 is 5.86. The predicted molar refractivity (Wildman–Crippen MR) is 103 cm³/mol. The van der Waals surface area contributed by atoms with Crippen molar-refractivity contribution in [1.29, 1.82) is 0 Å². The second-order valence-corrected chi connectivity index (χ2v) is 9.39.